The summed E-state index contributed by atoms with van der Waals surface area (Å²) in [6.07, 6.45) is 1.42. The smallest absolute Gasteiger partial charge is 0.328 e. The molecule has 0 spiro atoms. The molecule has 0 bridgehead atoms. The fraction of sp³-hybridized carbons (Fsp3) is 0.304. The number of nitrogens with one attached hydrogen (secondary N) is 1. The van der Waals surface area contributed by atoms with E-state index in [0.717, 1.165) is 18.4 Å². The molecule has 4 N–H and O–H groups in total. The molecule has 1 fully saturated rings. The Bertz CT molecular complexity index is 1110. The summed E-state index contributed by atoms with van der Waals surface area (Å²) in [5, 5.41) is 11.0. The van der Waals surface area contributed by atoms with Gasteiger partial charge in [0, 0.05) is 24.2 Å². The van der Waals surface area contributed by atoms with Gasteiger partial charge in [-0.25, -0.2) is 14.2 Å². The van der Waals surface area contributed by atoms with Crippen LogP contribution in [0.15, 0.2) is 48.5 Å². The van der Waals surface area contributed by atoms with Crippen molar-refractivity contribution in [3.05, 3.63) is 77.0 Å². The number of hydrogen-bond acceptors (Lipinski definition) is 4. The standard InChI is InChI=1S/C23H24FN5O2/c24-18-4-2-1-3-16(18)13-29-22(30)20-21(28(23(29)31)12-15-5-6-15)27-19(26-20)11-14-7-9-17(25)10-8-14/h1-4,7-10,15,22,30H,5-6,11-13,25H2,(H,26,27). The first-order valence-corrected chi connectivity index (χ1v) is 10.4. The van der Waals surface area contributed by atoms with Crippen molar-refractivity contribution in [2.75, 3.05) is 17.2 Å². The number of hydrogen-bond donors (Lipinski definition) is 3. The molecule has 3 aromatic rings. The molecular formula is C23H24FN5O2. The molecule has 0 saturated heterocycles. The van der Waals surface area contributed by atoms with Gasteiger partial charge < -0.3 is 15.8 Å². The van der Waals surface area contributed by atoms with Crippen LogP contribution in [0.4, 0.5) is 20.7 Å². The number of halogens is 1. The Morgan fingerprint density at radius 1 is 1.16 bits per heavy atom. The number of nitrogens with two attached hydrogens (primary N) is 1. The van der Waals surface area contributed by atoms with Gasteiger partial charge >= 0.3 is 6.03 Å². The number of carbonyl (C=O) groups is 1. The van der Waals surface area contributed by atoms with Crippen molar-refractivity contribution in [2.45, 2.75) is 32.0 Å². The molecule has 31 heavy (non-hydrogen) atoms. The topological polar surface area (TPSA) is 98.5 Å². The van der Waals surface area contributed by atoms with Gasteiger partial charge in [-0.2, -0.15) is 0 Å². The Morgan fingerprint density at radius 3 is 2.61 bits per heavy atom. The predicted octanol–water partition coefficient (Wildman–Crippen LogP) is 3.56. The number of anilines is 2. The second kappa shape index (κ2) is 7.70. The van der Waals surface area contributed by atoms with E-state index in [1.807, 2.05) is 24.3 Å². The lowest BCUT2D eigenvalue weighted by Crippen LogP contribution is -2.50. The summed E-state index contributed by atoms with van der Waals surface area (Å²) >= 11 is 0. The Morgan fingerprint density at radius 2 is 1.90 bits per heavy atom. The van der Waals surface area contributed by atoms with Gasteiger partial charge in [-0.3, -0.25) is 9.80 Å². The minimum atomic E-state index is -1.23. The molecule has 2 heterocycles. The monoisotopic (exact) mass is 421 g/mol. The number of amides is 2. The van der Waals surface area contributed by atoms with E-state index in [2.05, 4.69) is 9.97 Å². The number of carbonyl (C=O) groups excluding carboxylic acids is 1. The first kappa shape index (κ1) is 19.6. The summed E-state index contributed by atoms with van der Waals surface area (Å²) in [6.45, 7) is 0.512. The van der Waals surface area contributed by atoms with Crippen molar-refractivity contribution in [1.82, 2.24) is 14.9 Å². The molecule has 160 valence electrons. The number of aliphatic hydroxyl groups is 1. The molecule has 8 heteroatoms. The summed E-state index contributed by atoms with van der Waals surface area (Å²) in [4.78, 5) is 24.0. The van der Waals surface area contributed by atoms with Crippen LogP contribution < -0.4 is 10.6 Å². The van der Waals surface area contributed by atoms with Gasteiger partial charge in [-0.05, 0) is 42.5 Å². The molecule has 1 aliphatic heterocycles. The molecular weight excluding hydrogens is 397 g/mol. The van der Waals surface area contributed by atoms with E-state index >= 15 is 0 Å². The van der Waals surface area contributed by atoms with Gasteiger partial charge in [0.05, 0.1) is 6.54 Å². The first-order valence-electron chi connectivity index (χ1n) is 10.4. The van der Waals surface area contributed by atoms with Crippen molar-refractivity contribution >= 4 is 17.5 Å². The average Bonchev–Trinajstić information content (AvgIpc) is 3.49. The van der Waals surface area contributed by atoms with E-state index in [9.17, 15) is 14.3 Å². The molecule has 7 nitrogen and oxygen atoms in total. The van der Waals surface area contributed by atoms with E-state index in [1.54, 1.807) is 23.1 Å². The molecule has 2 aromatic carbocycles. The largest absolute Gasteiger partial charge is 0.399 e. The third-order valence-electron chi connectivity index (χ3n) is 5.83. The normalized spacial score (nSPS) is 18.4. The lowest BCUT2D eigenvalue weighted by atomic mass is 10.1. The minimum absolute atomic E-state index is 0.0282. The van der Waals surface area contributed by atoms with Crippen molar-refractivity contribution in [2.24, 2.45) is 5.92 Å². The predicted molar refractivity (Wildman–Crippen MR) is 115 cm³/mol. The lowest BCUT2D eigenvalue weighted by molar-refractivity contribution is 0.0187. The zero-order chi connectivity index (χ0) is 21.5. The van der Waals surface area contributed by atoms with Crippen molar-refractivity contribution in [3.63, 3.8) is 0 Å². The SMILES string of the molecule is Nc1ccc(Cc2nc3c([nH]2)C(O)N(Cc2ccccc2F)C(=O)N3CC2CC2)cc1. The average molecular weight is 421 g/mol. The number of aliphatic hydroxyl groups excluding tert-OH is 1. The molecule has 1 unspecified atom stereocenters. The van der Waals surface area contributed by atoms with E-state index in [1.165, 1.54) is 11.0 Å². The van der Waals surface area contributed by atoms with Gasteiger partial charge in [0.2, 0.25) is 0 Å². The van der Waals surface area contributed by atoms with Crippen molar-refractivity contribution in [1.29, 1.82) is 0 Å². The number of nitrogen functional groups attached to an aromatic ring is 1. The molecule has 1 saturated carbocycles. The number of H-pyrrole nitrogens is 1. The zero-order valence-electron chi connectivity index (χ0n) is 17.0. The van der Waals surface area contributed by atoms with Crippen LogP contribution in [0.25, 0.3) is 0 Å². The molecule has 2 amide bonds. The van der Waals surface area contributed by atoms with Crippen LogP contribution >= 0.6 is 0 Å². The number of fused-ring (bicyclic) bond motifs is 1. The molecule has 1 atom stereocenters. The number of aromatic amines is 1. The highest BCUT2D eigenvalue weighted by molar-refractivity contribution is 5.94. The quantitative estimate of drug-likeness (QED) is 0.530. The van der Waals surface area contributed by atoms with E-state index in [4.69, 9.17) is 5.73 Å². The van der Waals surface area contributed by atoms with Crippen LogP contribution in [0.2, 0.25) is 0 Å². The highest BCUT2D eigenvalue weighted by atomic mass is 19.1. The molecule has 1 aliphatic carbocycles. The van der Waals surface area contributed by atoms with Crippen LogP contribution in [-0.2, 0) is 13.0 Å². The van der Waals surface area contributed by atoms with E-state index in [-0.39, 0.29) is 12.6 Å². The maximum absolute atomic E-state index is 14.2. The second-order valence-corrected chi connectivity index (χ2v) is 8.27. The summed E-state index contributed by atoms with van der Waals surface area (Å²) < 4.78 is 14.2. The maximum atomic E-state index is 14.2. The van der Waals surface area contributed by atoms with Crippen molar-refractivity contribution < 1.29 is 14.3 Å². The molecule has 5 rings (SSSR count). The Hall–Kier alpha value is -3.39. The zero-order valence-corrected chi connectivity index (χ0v) is 17.0. The van der Waals surface area contributed by atoms with E-state index in [0.29, 0.717) is 47.5 Å². The summed E-state index contributed by atoms with van der Waals surface area (Å²) in [6, 6.07) is 13.4. The fourth-order valence-electron chi connectivity index (χ4n) is 3.92. The Labute approximate surface area is 179 Å². The van der Waals surface area contributed by atoms with Crippen LogP contribution in [0.3, 0.4) is 0 Å². The molecule has 2 aliphatic rings. The summed E-state index contributed by atoms with van der Waals surface area (Å²) in [5.41, 5.74) is 8.27. The number of aromatic nitrogens is 2. The minimum Gasteiger partial charge on any atom is -0.399 e. The van der Waals surface area contributed by atoms with Crippen LogP contribution in [-0.4, -0.2) is 32.6 Å². The van der Waals surface area contributed by atoms with Gasteiger partial charge in [0.25, 0.3) is 0 Å². The number of urea groups is 1. The van der Waals surface area contributed by atoms with Crippen LogP contribution in [0.5, 0.6) is 0 Å². The molecule has 0 radical (unpaired) electrons. The van der Waals surface area contributed by atoms with Crippen molar-refractivity contribution in [3.8, 4) is 0 Å². The van der Waals surface area contributed by atoms with Gasteiger partial charge in [0.1, 0.15) is 17.3 Å². The highest BCUT2D eigenvalue weighted by Crippen LogP contribution is 2.38. The summed E-state index contributed by atoms with van der Waals surface area (Å²) in [5.74, 6) is 1.13. The number of nitrogens with zero attached hydrogens (tertiary/aromatic N) is 3. The van der Waals surface area contributed by atoms with E-state index < -0.39 is 12.0 Å². The van der Waals surface area contributed by atoms with Crippen LogP contribution in [0.1, 0.15) is 41.7 Å². The first-order chi connectivity index (χ1) is 15.0. The number of benzene rings is 2. The van der Waals surface area contributed by atoms with Gasteiger partial charge in [0.15, 0.2) is 12.0 Å². The number of imidazole rings is 1. The van der Waals surface area contributed by atoms with Crippen LogP contribution in [0, 0.1) is 11.7 Å². The lowest BCUT2D eigenvalue weighted by Gasteiger charge is -2.37. The highest BCUT2D eigenvalue weighted by Gasteiger charge is 2.41. The number of rotatable bonds is 6. The van der Waals surface area contributed by atoms with Gasteiger partial charge in [-0.15, -0.1) is 0 Å². The third kappa shape index (κ3) is 3.86. The fourth-order valence-corrected chi connectivity index (χ4v) is 3.92. The third-order valence-corrected chi connectivity index (χ3v) is 5.83. The Balaban J connectivity index is 1.47. The summed E-state index contributed by atoms with van der Waals surface area (Å²) in [7, 11) is 0. The Kier molecular flexibility index (Phi) is 4.86. The second-order valence-electron chi connectivity index (χ2n) is 8.27. The molecule has 1 aromatic heterocycles. The maximum Gasteiger partial charge on any atom is 0.328 e. The van der Waals surface area contributed by atoms with Gasteiger partial charge in [-0.1, -0.05) is 30.3 Å².